The third-order valence-corrected chi connectivity index (χ3v) is 1.71. The van der Waals surface area contributed by atoms with Crippen molar-refractivity contribution in [3.8, 4) is 11.1 Å². The molecule has 0 atom stereocenters. The molecule has 0 heterocycles. The van der Waals surface area contributed by atoms with E-state index in [9.17, 15) is 0 Å². The average Bonchev–Trinajstić information content (AvgIpc) is 2.39. The summed E-state index contributed by atoms with van der Waals surface area (Å²) in [7, 11) is 0.241. The zero-order valence-corrected chi connectivity index (χ0v) is 17.5. The maximum absolute atomic E-state index is 3.15. The Hall–Kier alpha value is -0.464. The predicted molar refractivity (Wildman–Crippen MR) is 96.2 cm³/mol. The number of hydrogen-bond acceptors (Lipinski definition) is 0. The SMILES string of the molecule is C[Si](C)C.C[Si](C)C.[Pd+2].[c-]1ccccc1-c1[c-]cccc1. The zero-order valence-electron chi connectivity index (χ0n) is 13.9. The minimum Gasteiger partial charge on any atom is -0.226 e. The molecule has 0 bridgehead atoms. The van der Waals surface area contributed by atoms with E-state index in [4.69, 9.17) is 0 Å². The van der Waals surface area contributed by atoms with Gasteiger partial charge in [-0.2, -0.15) is 48.5 Å². The second-order valence-electron chi connectivity index (χ2n) is 5.55. The van der Waals surface area contributed by atoms with Gasteiger partial charge in [0.05, 0.1) is 0 Å². The van der Waals surface area contributed by atoms with E-state index in [1.54, 1.807) is 0 Å². The summed E-state index contributed by atoms with van der Waals surface area (Å²) in [6.07, 6.45) is 0. The molecule has 0 spiro atoms. The molecule has 0 amide bonds. The van der Waals surface area contributed by atoms with Gasteiger partial charge < -0.3 is 0 Å². The van der Waals surface area contributed by atoms with E-state index in [1.807, 2.05) is 48.5 Å². The van der Waals surface area contributed by atoms with Gasteiger partial charge in [-0.1, -0.05) is 39.3 Å². The van der Waals surface area contributed by atoms with E-state index in [1.165, 1.54) is 0 Å². The smallest absolute Gasteiger partial charge is 0.226 e. The Balaban J connectivity index is 0. The van der Waals surface area contributed by atoms with Crippen LogP contribution in [0.5, 0.6) is 0 Å². The van der Waals surface area contributed by atoms with E-state index in [-0.39, 0.29) is 38.0 Å². The Morgan fingerprint density at radius 2 is 0.905 bits per heavy atom. The third-order valence-electron chi connectivity index (χ3n) is 1.71. The van der Waals surface area contributed by atoms with Crippen LogP contribution in [0.4, 0.5) is 0 Å². The molecule has 0 unspecified atom stereocenters. The third kappa shape index (κ3) is 15.7. The quantitative estimate of drug-likeness (QED) is 0.423. The van der Waals surface area contributed by atoms with Crippen molar-refractivity contribution in [3.63, 3.8) is 0 Å². The van der Waals surface area contributed by atoms with Crippen LogP contribution in [-0.4, -0.2) is 17.6 Å². The van der Waals surface area contributed by atoms with Crippen molar-refractivity contribution in [2.45, 2.75) is 39.3 Å². The molecule has 0 aliphatic heterocycles. The first-order valence-electron chi connectivity index (χ1n) is 6.90. The van der Waals surface area contributed by atoms with Gasteiger partial charge in [-0.15, -0.1) is 12.1 Å². The first-order valence-corrected chi connectivity index (χ1v) is 12.9. The Morgan fingerprint density at radius 1 is 0.619 bits per heavy atom. The standard InChI is InChI=1S/C12H8.2C3H9Si.Pd/c1-3-7-11(8-4-1)12-9-5-2-6-10-12;2*1-4(2)3;/h1-7,9H;2*1-3H3;/q-2;;;+2. The minimum atomic E-state index is 0. The zero-order chi connectivity index (χ0) is 15.4. The van der Waals surface area contributed by atoms with Crippen molar-refractivity contribution in [1.82, 2.24) is 0 Å². The predicted octanol–water partition coefficient (Wildman–Crippen LogP) is 5.69. The minimum absolute atomic E-state index is 0. The second kappa shape index (κ2) is 14.5. The first-order chi connectivity index (χ1) is 9.43. The molecule has 2 radical (unpaired) electrons. The van der Waals surface area contributed by atoms with Crippen LogP contribution >= 0.6 is 0 Å². The summed E-state index contributed by atoms with van der Waals surface area (Å²) in [4.78, 5) is 0. The van der Waals surface area contributed by atoms with Gasteiger partial charge in [0.15, 0.2) is 0 Å². The molecule has 0 aliphatic rings. The summed E-state index contributed by atoms with van der Waals surface area (Å²) in [6.45, 7) is 13.6. The van der Waals surface area contributed by atoms with E-state index < -0.39 is 0 Å². The van der Waals surface area contributed by atoms with Crippen LogP contribution in [0.15, 0.2) is 48.5 Å². The van der Waals surface area contributed by atoms with Crippen molar-refractivity contribution in [3.05, 3.63) is 60.7 Å². The molecule has 2 aromatic rings. The fourth-order valence-electron chi connectivity index (χ4n) is 1.12. The maximum atomic E-state index is 3.15. The van der Waals surface area contributed by atoms with Gasteiger partial charge in [0.1, 0.15) is 0 Å². The van der Waals surface area contributed by atoms with Crippen LogP contribution in [0.2, 0.25) is 39.3 Å². The van der Waals surface area contributed by atoms with Crippen molar-refractivity contribution >= 4 is 17.6 Å². The van der Waals surface area contributed by atoms with Gasteiger partial charge in [-0.05, 0) is 0 Å². The fourth-order valence-corrected chi connectivity index (χ4v) is 1.12. The molecular formula is C18H26PdSi2. The van der Waals surface area contributed by atoms with Crippen molar-refractivity contribution in [2.75, 3.05) is 0 Å². The van der Waals surface area contributed by atoms with Gasteiger partial charge in [0.25, 0.3) is 0 Å². The molecule has 0 saturated heterocycles. The molecule has 116 valence electrons. The van der Waals surface area contributed by atoms with E-state index in [0.717, 1.165) is 11.1 Å². The molecule has 21 heavy (non-hydrogen) atoms. The first kappa shape index (κ1) is 22.8. The molecular weight excluding hydrogens is 379 g/mol. The van der Waals surface area contributed by atoms with Gasteiger partial charge >= 0.3 is 20.4 Å². The van der Waals surface area contributed by atoms with E-state index in [0.29, 0.717) is 0 Å². The molecule has 0 aromatic heterocycles. The monoisotopic (exact) mass is 404 g/mol. The van der Waals surface area contributed by atoms with E-state index >= 15 is 0 Å². The molecule has 2 aromatic carbocycles. The van der Waals surface area contributed by atoms with Crippen molar-refractivity contribution < 1.29 is 20.4 Å². The normalized spacial score (nSPS) is 8.95. The summed E-state index contributed by atoms with van der Waals surface area (Å²) in [5, 5.41) is 0. The van der Waals surface area contributed by atoms with Crippen LogP contribution in [-0.2, 0) is 20.4 Å². The van der Waals surface area contributed by atoms with Crippen LogP contribution in [0.3, 0.4) is 0 Å². The van der Waals surface area contributed by atoms with Crippen LogP contribution in [0.1, 0.15) is 0 Å². The number of benzene rings is 2. The molecule has 0 fully saturated rings. The van der Waals surface area contributed by atoms with Crippen LogP contribution in [0.25, 0.3) is 11.1 Å². The van der Waals surface area contributed by atoms with Crippen molar-refractivity contribution in [1.29, 1.82) is 0 Å². The summed E-state index contributed by atoms with van der Waals surface area (Å²) in [5.74, 6) is 0. The van der Waals surface area contributed by atoms with E-state index in [2.05, 4.69) is 51.4 Å². The Labute approximate surface area is 148 Å². The fraction of sp³-hybridized carbons (Fsp3) is 0.333. The maximum Gasteiger partial charge on any atom is 2.00 e. The molecule has 0 nitrogen and oxygen atoms in total. The summed E-state index contributed by atoms with van der Waals surface area (Å²) < 4.78 is 0. The molecule has 3 heteroatoms. The molecule has 2 rings (SSSR count). The van der Waals surface area contributed by atoms with Gasteiger partial charge in [0.2, 0.25) is 0 Å². The molecule has 0 saturated carbocycles. The van der Waals surface area contributed by atoms with Gasteiger partial charge in [-0.25, -0.2) is 11.1 Å². The van der Waals surface area contributed by atoms with Crippen LogP contribution in [0, 0.1) is 12.1 Å². The largest absolute Gasteiger partial charge is 2.00 e. The second-order valence-corrected chi connectivity index (χ2v) is 11.6. The Kier molecular flexibility index (Phi) is 15.7. The number of rotatable bonds is 1. The summed E-state index contributed by atoms with van der Waals surface area (Å²) in [6, 6.07) is 22.1. The van der Waals surface area contributed by atoms with Gasteiger partial charge in [0, 0.05) is 17.6 Å². The average molecular weight is 405 g/mol. The van der Waals surface area contributed by atoms with Crippen molar-refractivity contribution in [2.24, 2.45) is 0 Å². The molecule has 0 aliphatic carbocycles. The Bertz CT molecular complexity index is 378. The molecule has 0 N–H and O–H groups in total. The topological polar surface area (TPSA) is 0 Å². The van der Waals surface area contributed by atoms with Crippen LogP contribution < -0.4 is 0 Å². The number of hydrogen-bond donors (Lipinski definition) is 0. The van der Waals surface area contributed by atoms with Gasteiger partial charge in [-0.3, -0.25) is 0 Å². The summed E-state index contributed by atoms with van der Waals surface area (Å²) >= 11 is 0. The summed E-state index contributed by atoms with van der Waals surface area (Å²) in [5.41, 5.74) is 2.19. The Morgan fingerprint density at radius 3 is 1.10 bits per heavy atom.